The average molecular weight is 464 g/mol. The first-order chi connectivity index (χ1) is 17.1. The molecule has 174 valence electrons. The zero-order valence-electron chi connectivity index (χ0n) is 19.5. The van der Waals surface area contributed by atoms with Crippen LogP contribution in [-0.4, -0.2) is 52.1 Å². The standard InChI is InChI=1S/C28H25N5O2/c1-20-2-8-23(9-3-20)26-30-31-27(35-26)24-10-12-25(13-11-24)28(34)33-16-14-32(15-17-33)19-22-6-4-21(18-29)5-7-22/h2-13H,14-17,19H2,1H3. The van der Waals surface area contributed by atoms with E-state index in [2.05, 4.69) is 21.2 Å². The number of aryl methyl sites for hydroxylation is 1. The molecule has 2 heterocycles. The first-order valence-electron chi connectivity index (χ1n) is 11.6. The number of nitrogens with zero attached hydrogens (tertiary/aromatic N) is 5. The summed E-state index contributed by atoms with van der Waals surface area (Å²) in [4.78, 5) is 17.2. The topological polar surface area (TPSA) is 86.3 Å². The summed E-state index contributed by atoms with van der Waals surface area (Å²) in [7, 11) is 0. The second kappa shape index (κ2) is 9.92. The first kappa shape index (κ1) is 22.5. The highest BCUT2D eigenvalue weighted by molar-refractivity contribution is 5.94. The number of hydrogen-bond acceptors (Lipinski definition) is 6. The van der Waals surface area contributed by atoms with Crippen molar-refractivity contribution in [2.75, 3.05) is 26.2 Å². The molecule has 1 amide bonds. The molecule has 0 atom stereocenters. The summed E-state index contributed by atoms with van der Waals surface area (Å²) >= 11 is 0. The van der Waals surface area contributed by atoms with Crippen LogP contribution in [0.2, 0.25) is 0 Å². The van der Waals surface area contributed by atoms with Crippen LogP contribution < -0.4 is 0 Å². The Morgan fingerprint density at radius 1 is 0.857 bits per heavy atom. The summed E-state index contributed by atoms with van der Waals surface area (Å²) in [6.45, 7) is 5.84. The molecule has 0 radical (unpaired) electrons. The Morgan fingerprint density at radius 2 is 1.43 bits per heavy atom. The van der Waals surface area contributed by atoms with Crippen LogP contribution in [0.1, 0.15) is 27.0 Å². The number of amides is 1. The molecule has 0 aliphatic carbocycles. The summed E-state index contributed by atoms with van der Waals surface area (Å²) in [5.41, 5.74) is 5.31. The van der Waals surface area contributed by atoms with Crippen LogP contribution in [0, 0.1) is 18.3 Å². The highest BCUT2D eigenvalue weighted by atomic mass is 16.4. The number of benzene rings is 3. The summed E-state index contributed by atoms with van der Waals surface area (Å²) in [6.07, 6.45) is 0. The van der Waals surface area contributed by atoms with Crippen LogP contribution >= 0.6 is 0 Å². The van der Waals surface area contributed by atoms with Crippen molar-refractivity contribution in [2.24, 2.45) is 0 Å². The van der Waals surface area contributed by atoms with Gasteiger partial charge in [-0.05, 0) is 61.0 Å². The second-order valence-electron chi connectivity index (χ2n) is 8.73. The van der Waals surface area contributed by atoms with Crippen molar-refractivity contribution in [2.45, 2.75) is 13.5 Å². The van der Waals surface area contributed by atoms with Gasteiger partial charge in [0.05, 0.1) is 11.6 Å². The molecule has 0 spiro atoms. The molecular weight excluding hydrogens is 438 g/mol. The number of nitriles is 1. The largest absolute Gasteiger partial charge is 0.416 e. The van der Waals surface area contributed by atoms with E-state index >= 15 is 0 Å². The monoisotopic (exact) mass is 463 g/mol. The van der Waals surface area contributed by atoms with Crippen LogP contribution in [0.5, 0.6) is 0 Å². The molecule has 1 fully saturated rings. The van der Waals surface area contributed by atoms with E-state index in [-0.39, 0.29) is 5.91 Å². The smallest absolute Gasteiger partial charge is 0.253 e. The van der Waals surface area contributed by atoms with Crippen molar-refractivity contribution in [3.05, 3.63) is 95.1 Å². The minimum atomic E-state index is 0.0282. The second-order valence-corrected chi connectivity index (χ2v) is 8.73. The fourth-order valence-electron chi connectivity index (χ4n) is 4.14. The molecule has 1 saturated heterocycles. The summed E-state index contributed by atoms with van der Waals surface area (Å²) in [6, 6.07) is 25.1. The number of piperazine rings is 1. The first-order valence-corrected chi connectivity index (χ1v) is 11.6. The highest BCUT2D eigenvalue weighted by Crippen LogP contribution is 2.25. The van der Waals surface area contributed by atoms with Crippen molar-refractivity contribution in [3.8, 4) is 29.0 Å². The third kappa shape index (κ3) is 5.13. The predicted octanol–water partition coefficient (Wildman–Crippen LogP) is 4.54. The summed E-state index contributed by atoms with van der Waals surface area (Å²) in [5, 5.41) is 17.3. The Labute approximate surface area is 204 Å². The molecule has 0 bridgehead atoms. The lowest BCUT2D eigenvalue weighted by Gasteiger charge is -2.34. The van der Waals surface area contributed by atoms with Crippen molar-refractivity contribution in [1.29, 1.82) is 5.26 Å². The molecule has 0 N–H and O–H groups in total. The Morgan fingerprint density at radius 3 is 2.00 bits per heavy atom. The Hall–Kier alpha value is -4.28. The number of carbonyl (C=O) groups excluding carboxylic acids is 1. The maximum Gasteiger partial charge on any atom is 0.253 e. The highest BCUT2D eigenvalue weighted by Gasteiger charge is 2.22. The van der Waals surface area contributed by atoms with E-state index in [1.165, 1.54) is 11.1 Å². The Bertz CT molecular complexity index is 1340. The Balaban J connectivity index is 1.18. The van der Waals surface area contributed by atoms with Crippen LogP contribution in [0.15, 0.2) is 77.2 Å². The van der Waals surface area contributed by atoms with E-state index in [4.69, 9.17) is 9.68 Å². The summed E-state index contributed by atoms with van der Waals surface area (Å²) < 4.78 is 5.85. The van der Waals surface area contributed by atoms with Crippen molar-refractivity contribution in [3.63, 3.8) is 0 Å². The molecule has 0 unspecified atom stereocenters. The van der Waals surface area contributed by atoms with E-state index in [1.54, 1.807) is 0 Å². The molecule has 4 aromatic rings. The van der Waals surface area contributed by atoms with E-state index in [0.717, 1.165) is 30.8 Å². The third-order valence-electron chi connectivity index (χ3n) is 6.25. The number of carbonyl (C=O) groups is 1. The van der Waals surface area contributed by atoms with Gasteiger partial charge in [-0.15, -0.1) is 10.2 Å². The van der Waals surface area contributed by atoms with Gasteiger partial charge >= 0.3 is 0 Å². The van der Waals surface area contributed by atoms with Gasteiger partial charge in [-0.1, -0.05) is 29.8 Å². The van der Waals surface area contributed by atoms with Gasteiger partial charge in [-0.3, -0.25) is 9.69 Å². The molecule has 1 aromatic heterocycles. The third-order valence-corrected chi connectivity index (χ3v) is 6.25. The number of hydrogen-bond donors (Lipinski definition) is 0. The van der Waals surface area contributed by atoms with Gasteiger partial charge in [-0.2, -0.15) is 5.26 Å². The Kier molecular flexibility index (Phi) is 6.38. The maximum absolute atomic E-state index is 13.0. The van der Waals surface area contributed by atoms with Crippen LogP contribution in [-0.2, 0) is 6.54 Å². The lowest BCUT2D eigenvalue weighted by atomic mass is 10.1. The molecule has 0 saturated carbocycles. The van der Waals surface area contributed by atoms with Gasteiger partial charge in [0.25, 0.3) is 5.91 Å². The van der Waals surface area contributed by atoms with Gasteiger partial charge < -0.3 is 9.32 Å². The SMILES string of the molecule is Cc1ccc(-c2nnc(-c3ccc(C(=O)N4CCN(Cc5ccc(C#N)cc5)CC4)cc3)o2)cc1. The van der Waals surface area contributed by atoms with Crippen molar-refractivity contribution < 1.29 is 9.21 Å². The zero-order chi connectivity index (χ0) is 24.2. The molecular formula is C28H25N5O2. The average Bonchev–Trinajstić information content (AvgIpc) is 3.40. The minimum absolute atomic E-state index is 0.0282. The lowest BCUT2D eigenvalue weighted by Crippen LogP contribution is -2.48. The fraction of sp³-hybridized carbons (Fsp3) is 0.214. The minimum Gasteiger partial charge on any atom is -0.416 e. The van der Waals surface area contributed by atoms with E-state index in [1.807, 2.05) is 84.6 Å². The molecule has 7 heteroatoms. The van der Waals surface area contributed by atoms with Crippen molar-refractivity contribution in [1.82, 2.24) is 20.0 Å². The number of rotatable bonds is 5. The van der Waals surface area contributed by atoms with Crippen LogP contribution in [0.3, 0.4) is 0 Å². The zero-order valence-corrected chi connectivity index (χ0v) is 19.5. The van der Waals surface area contributed by atoms with E-state index < -0.39 is 0 Å². The van der Waals surface area contributed by atoms with Gasteiger partial charge in [-0.25, -0.2) is 0 Å². The normalized spacial score (nSPS) is 14.0. The van der Waals surface area contributed by atoms with Gasteiger partial charge in [0.1, 0.15) is 0 Å². The number of aromatic nitrogens is 2. The maximum atomic E-state index is 13.0. The quantitative estimate of drug-likeness (QED) is 0.432. The molecule has 1 aliphatic rings. The van der Waals surface area contributed by atoms with Crippen molar-refractivity contribution >= 4 is 5.91 Å². The van der Waals surface area contributed by atoms with Crippen LogP contribution in [0.25, 0.3) is 22.9 Å². The molecule has 5 rings (SSSR count). The fourth-order valence-corrected chi connectivity index (χ4v) is 4.14. The van der Waals surface area contributed by atoms with E-state index in [9.17, 15) is 4.79 Å². The molecule has 7 nitrogen and oxygen atoms in total. The lowest BCUT2D eigenvalue weighted by molar-refractivity contribution is 0.0628. The molecule has 3 aromatic carbocycles. The van der Waals surface area contributed by atoms with E-state index in [0.29, 0.717) is 36.0 Å². The van der Waals surface area contributed by atoms with Gasteiger partial charge in [0.2, 0.25) is 11.8 Å². The van der Waals surface area contributed by atoms with Gasteiger partial charge in [0.15, 0.2) is 0 Å². The van der Waals surface area contributed by atoms with Gasteiger partial charge in [0, 0.05) is 49.4 Å². The van der Waals surface area contributed by atoms with Crippen LogP contribution in [0.4, 0.5) is 0 Å². The predicted molar refractivity (Wildman–Crippen MR) is 132 cm³/mol. The molecule has 35 heavy (non-hydrogen) atoms. The summed E-state index contributed by atoms with van der Waals surface area (Å²) in [5.74, 6) is 0.926. The molecule has 1 aliphatic heterocycles.